The van der Waals surface area contributed by atoms with E-state index in [0.717, 1.165) is 152 Å². The first-order chi connectivity index (χ1) is 46.2. The molecule has 0 spiro atoms. The number of nitrogens with zero attached hydrogens (tertiary/aromatic N) is 2. The van der Waals surface area contributed by atoms with Gasteiger partial charge in [0, 0.05) is 112 Å². The smallest absolute Gasteiger partial charge is 0.119 e. The van der Waals surface area contributed by atoms with Gasteiger partial charge in [-0.2, -0.15) is 0 Å². The summed E-state index contributed by atoms with van der Waals surface area (Å²) >= 11 is 0. The highest BCUT2D eigenvalue weighted by molar-refractivity contribution is 6.01. The Balaban J connectivity index is 0.905. The topological polar surface area (TPSA) is 139 Å². The van der Waals surface area contributed by atoms with Crippen LogP contribution in [0.4, 0.5) is 0 Å². The number of H-pyrrole nitrogens is 6. The van der Waals surface area contributed by atoms with Crippen molar-refractivity contribution < 1.29 is 9.47 Å². The molecule has 7 aliphatic heterocycles. The van der Waals surface area contributed by atoms with Gasteiger partial charge in [-0.1, -0.05) is 85.3 Å². The van der Waals surface area contributed by atoms with E-state index in [9.17, 15) is 0 Å². The molecule has 7 aliphatic rings. The molecule has 10 heteroatoms. The Hall–Kier alpha value is -9.80. The second kappa shape index (κ2) is 24.1. The Morgan fingerprint density at radius 2 is 0.625 bits per heavy atom. The summed E-state index contributed by atoms with van der Waals surface area (Å²) in [5.74, 6) is 1.64. The molecule has 0 amide bonds. The van der Waals surface area contributed by atoms with Crippen LogP contribution < -0.4 is 9.47 Å². The third kappa shape index (κ3) is 11.0. The average molecular weight is 1270 g/mol. The second-order valence-corrected chi connectivity index (χ2v) is 29.5. The van der Waals surface area contributed by atoms with Crippen LogP contribution in [0.1, 0.15) is 195 Å². The van der Waals surface area contributed by atoms with Crippen LogP contribution in [0.2, 0.25) is 0 Å². The van der Waals surface area contributed by atoms with Crippen molar-refractivity contribution in [2.45, 2.75) is 156 Å². The van der Waals surface area contributed by atoms with Crippen LogP contribution in [-0.2, 0) is 21.7 Å². The van der Waals surface area contributed by atoms with Gasteiger partial charge in [0.15, 0.2) is 0 Å². The molecule has 0 saturated heterocycles. The largest absolute Gasteiger partial charge is 0.494 e. The van der Waals surface area contributed by atoms with E-state index in [0.29, 0.717) is 13.2 Å². The van der Waals surface area contributed by atoms with Crippen LogP contribution >= 0.6 is 0 Å². The molecule has 0 unspecified atom stereocenters. The monoisotopic (exact) mass is 1270 g/mol. The number of hydrogen-bond donors (Lipinski definition) is 6. The quantitative estimate of drug-likeness (QED) is 0.103. The number of ether oxygens (including phenoxy) is 2. The normalized spacial score (nSPS) is 18.5. The number of benzene rings is 4. The lowest BCUT2D eigenvalue weighted by atomic mass is 9.78. The Labute approximate surface area is 565 Å². The summed E-state index contributed by atoms with van der Waals surface area (Å²) in [4.78, 5) is 35.7. The predicted molar refractivity (Wildman–Crippen MR) is 397 cm³/mol. The van der Waals surface area contributed by atoms with E-state index in [4.69, 9.17) is 19.4 Å². The minimum absolute atomic E-state index is 0.324. The van der Waals surface area contributed by atoms with Gasteiger partial charge in [-0.15, -0.1) is 0 Å². The number of nitrogens with one attached hydrogen (secondary N) is 6. The van der Waals surface area contributed by atoms with Crippen LogP contribution in [0.5, 0.6) is 11.5 Å². The maximum Gasteiger partial charge on any atom is 0.119 e. The summed E-state index contributed by atoms with van der Waals surface area (Å²) in [6, 6.07) is 53.9. The first kappa shape index (κ1) is 62.3. The molecular formula is C86H90N8O2. The van der Waals surface area contributed by atoms with Crippen LogP contribution in [-0.4, -0.2) is 53.1 Å². The van der Waals surface area contributed by atoms with Gasteiger partial charge in [-0.25, -0.2) is 9.97 Å². The van der Waals surface area contributed by atoms with Gasteiger partial charge < -0.3 is 39.4 Å². The summed E-state index contributed by atoms with van der Waals surface area (Å²) in [5, 5.41) is 0. The zero-order chi connectivity index (χ0) is 66.4. The van der Waals surface area contributed by atoms with E-state index in [1.807, 2.05) is 0 Å². The first-order valence-electron chi connectivity index (χ1n) is 34.8. The Bertz CT molecular complexity index is 4640. The lowest BCUT2D eigenvalue weighted by Gasteiger charge is -2.31. The molecule has 0 atom stereocenters. The van der Waals surface area contributed by atoms with Crippen LogP contribution in [0.25, 0.3) is 90.9 Å². The van der Waals surface area contributed by atoms with Crippen LogP contribution in [0.3, 0.4) is 0 Å². The maximum absolute atomic E-state index is 6.82. The lowest BCUT2D eigenvalue weighted by molar-refractivity contribution is 0.302. The van der Waals surface area contributed by atoms with Crippen molar-refractivity contribution in [3.63, 3.8) is 0 Å². The number of hydrogen-bond acceptors (Lipinski definition) is 4. The van der Waals surface area contributed by atoms with Crippen molar-refractivity contribution in [2.75, 3.05) is 13.2 Å². The standard InChI is InChI=1S/C86H90N8O2/c1-51-45-53(3)77(54(4)46-51)81-65-29-25-61(87-65)79-57-21-19-23-59(49-57)95-43-17-13-15-41-85(11)73-37-33-69(91-73)83(7,8)70-34-38-74(92-70)86(12,76-40-36-72(94-76)84(9,10)71-35-39-75(85)93-71)42-16-14-18-44-96-60-24-20-22-58(50-60)80(62-26-30-66(81)88-62)64-28-32-68(90-64)82(67-31-27-63(79)89-67)78-55(5)47-52(2)48-56(78)6/h19-40,45-50,87,90-94H,13-18,41-44H2,1-12H3. The molecule has 24 bridgehead atoms. The highest BCUT2D eigenvalue weighted by Gasteiger charge is 2.39. The predicted octanol–water partition coefficient (Wildman–Crippen LogP) is 21.7. The number of aromatic nitrogens is 8. The molecule has 7 aromatic heterocycles. The summed E-state index contributed by atoms with van der Waals surface area (Å²) in [7, 11) is 0. The molecule has 18 rings (SSSR count). The van der Waals surface area contributed by atoms with E-state index in [1.165, 1.54) is 78.9 Å². The molecule has 0 saturated carbocycles. The van der Waals surface area contributed by atoms with Gasteiger partial charge >= 0.3 is 0 Å². The summed E-state index contributed by atoms with van der Waals surface area (Å²) in [5.41, 5.74) is 31.2. The fourth-order valence-electron chi connectivity index (χ4n) is 16.3. The molecule has 11 aromatic rings. The Kier molecular flexibility index (Phi) is 15.7. The molecular weight excluding hydrogens is 1180 g/mol. The zero-order valence-corrected chi connectivity index (χ0v) is 57.9. The second-order valence-electron chi connectivity index (χ2n) is 29.5. The van der Waals surface area contributed by atoms with Crippen LogP contribution in [0, 0.1) is 41.5 Å². The lowest BCUT2D eigenvalue weighted by Crippen LogP contribution is -2.29. The summed E-state index contributed by atoms with van der Waals surface area (Å²) < 4.78 is 13.6. The third-order valence-electron chi connectivity index (χ3n) is 21.8. The highest BCUT2D eigenvalue weighted by atomic mass is 16.5. The molecule has 10 nitrogen and oxygen atoms in total. The fraction of sp³-hybridized carbons (Fsp3) is 0.302. The van der Waals surface area contributed by atoms with Gasteiger partial charge in [0.25, 0.3) is 0 Å². The molecule has 14 heterocycles. The minimum atomic E-state index is -0.324. The summed E-state index contributed by atoms with van der Waals surface area (Å²) in [6.45, 7) is 28.6. The van der Waals surface area contributed by atoms with E-state index in [-0.39, 0.29) is 21.7 Å². The van der Waals surface area contributed by atoms with E-state index in [2.05, 4.69) is 283 Å². The van der Waals surface area contributed by atoms with Gasteiger partial charge in [0.1, 0.15) is 11.5 Å². The number of aryl methyl sites for hydroxylation is 6. The van der Waals surface area contributed by atoms with E-state index in [1.54, 1.807) is 0 Å². The SMILES string of the molecule is Cc1cc(C)c(-c2c3nc(c4c5ccc([nH]5)c(-c5c(C)cc(C)cc5C)c5nc(c(c6ccc2[nH]6)-c2cccc(c2)OCCCCCC2(C)c6ccc([nH]6)C(C)(C)c6ccc([nH]6)C(C)(CCCCCOc6cccc-4c6)c4ccc([nH]4)C(C)(C)c4ccc2[nH]4)C=C5)C=C3)c(C)c1. The van der Waals surface area contributed by atoms with Crippen molar-refractivity contribution in [1.82, 2.24) is 39.9 Å². The molecule has 6 N–H and O–H groups in total. The molecule has 96 heavy (non-hydrogen) atoms. The van der Waals surface area contributed by atoms with Gasteiger partial charge in [0.05, 0.1) is 36.0 Å². The zero-order valence-electron chi connectivity index (χ0n) is 57.9. The molecule has 4 aromatic carbocycles. The van der Waals surface area contributed by atoms with Gasteiger partial charge in [-0.05, 0) is 275 Å². The summed E-state index contributed by atoms with van der Waals surface area (Å²) in [6.07, 6.45) is 16.5. The first-order valence-corrected chi connectivity index (χ1v) is 34.8. The van der Waals surface area contributed by atoms with E-state index >= 15 is 0 Å². The minimum Gasteiger partial charge on any atom is -0.494 e. The van der Waals surface area contributed by atoms with Crippen molar-refractivity contribution in [3.8, 4) is 56.0 Å². The average Bonchev–Trinajstić information content (AvgIpc) is 1.61. The van der Waals surface area contributed by atoms with Crippen molar-refractivity contribution in [3.05, 3.63) is 247 Å². The Morgan fingerprint density at radius 3 is 0.969 bits per heavy atom. The van der Waals surface area contributed by atoms with Crippen molar-refractivity contribution in [1.29, 1.82) is 0 Å². The molecule has 0 aliphatic carbocycles. The van der Waals surface area contributed by atoms with Gasteiger partial charge in [0.2, 0.25) is 0 Å². The fourth-order valence-corrected chi connectivity index (χ4v) is 16.3. The molecule has 0 radical (unpaired) electrons. The number of aromatic amines is 6. The van der Waals surface area contributed by atoms with Crippen molar-refractivity contribution >= 4 is 46.4 Å². The Morgan fingerprint density at radius 1 is 0.312 bits per heavy atom. The highest BCUT2D eigenvalue weighted by Crippen LogP contribution is 2.47. The van der Waals surface area contributed by atoms with Crippen molar-refractivity contribution in [2.24, 2.45) is 0 Å². The molecule has 486 valence electrons. The molecule has 0 fully saturated rings. The van der Waals surface area contributed by atoms with Crippen LogP contribution in [0.15, 0.2) is 146 Å². The third-order valence-corrected chi connectivity index (χ3v) is 21.8. The number of rotatable bonds is 2. The van der Waals surface area contributed by atoms with E-state index < -0.39 is 0 Å². The maximum atomic E-state index is 6.82. The van der Waals surface area contributed by atoms with Gasteiger partial charge in [-0.3, -0.25) is 0 Å².